The van der Waals surface area contributed by atoms with E-state index in [2.05, 4.69) is 21.0 Å². The number of piperidine rings is 2. The van der Waals surface area contributed by atoms with Crippen molar-refractivity contribution in [1.82, 2.24) is 29.3 Å². The first-order chi connectivity index (χ1) is 21.6. The third kappa shape index (κ3) is 4.93. The van der Waals surface area contributed by atoms with Gasteiger partial charge in [-0.15, -0.1) is 0 Å². The number of amides is 2. The molecule has 1 N–H and O–H groups in total. The first kappa shape index (κ1) is 28.4. The lowest BCUT2D eigenvalue weighted by atomic mass is 9.87. The zero-order chi connectivity index (χ0) is 31.1. The minimum Gasteiger partial charge on any atom is -0.491 e. The molecule has 9 rings (SSSR count). The van der Waals surface area contributed by atoms with Crippen LogP contribution in [0.25, 0.3) is 16.6 Å². The van der Waals surface area contributed by atoms with Crippen LogP contribution in [0.4, 0.5) is 23.8 Å². The molecule has 14 heteroatoms. The van der Waals surface area contributed by atoms with Gasteiger partial charge < -0.3 is 24.5 Å². The third-order valence-corrected chi connectivity index (χ3v) is 10.3. The molecule has 6 aliphatic rings. The van der Waals surface area contributed by atoms with Gasteiger partial charge in [0.25, 0.3) is 0 Å². The number of aromatic nitrogens is 3. The molecule has 5 saturated heterocycles. The Morgan fingerprint density at radius 1 is 1.18 bits per heavy atom. The number of ether oxygens (including phenoxy) is 1. The number of anilines is 1. The van der Waals surface area contributed by atoms with Crippen molar-refractivity contribution >= 4 is 17.4 Å². The van der Waals surface area contributed by atoms with Crippen molar-refractivity contribution in [2.75, 3.05) is 57.3 Å². The smallest absolute Gasteiger partial charge is 0.393 e. The predicted molar refractivity (Wildman–Crippen MR) is 156 cm³/mol. The van der Waals surface area contributed by atoms with Crippen molar-refractivity contribution in [3.63, 3.8) is 0 Å². The van der Waals surface area contributed by atoms with Crippen LogP contribution in [0, 0.1) is 23.2 Å². The van der Waals surface area contributed by atoms with Gasteiger partial charge in [-0.05, 0) is 37.5 Å². The lowest BCUT2D eigenvalue weighted by molar-refractivity contribution is -0.170. The van der Waals surface area contributed by atoms with E-state index in [-0.39, 0.29) is 37.6 Å². The van der Waals surface area contributed by atoms with E-state index >= 15 is 0 Å². The molecule has 3 aromatic heterocycles. The number of likely N-dealkylation sites (tertiary alicyclic amines) is 2. The fourth-order valence-electron chi connectivity index (χ4n) is 7.71. The highest BCUT2D eigenvalue weighted by Gasteiger charge is 2.58. The Morgan fingerprint density at radius 2 is 2.00 bits per heavy atom. The number of carbonyl (C=O) groups is 1. The number of β-amino-alcohol motifs (C(OH)–C–C–N with tert-alkyl or cyclic N) is 1. The maximum Gasteiger partial charge on any atom is 0.393 e. The van der Waals surface area contributed by atoms with Crippen LogP contribution in [0.15, 0.2) is 36.8 Å². The highest BCUT2D eigenvalue weighted by molar-refractivity contribution is 5.85. The number of fused-ring (bicyclic) bond motifs is 4. The second-order valence-electron chi connectivity index (χ2n) is 13.2. The zero-order valence-electron chi connectivity index (χ0n) is 24.5. The normalized spacial score (nSPS) is 29.1. The maximum atomic E-state index is 13.1. The number of piperazine rings is 1. The molecule has 5 unspecified atom stereocenters. The molecule has 8 heterocycles. The molecule has 1 saturated carbocycles. The standard InChI is InChI=1S/C31H33F3N8O3/c32-31(33,34)21-3-4-39(14-21)29(43)42-23-7-24(42)16-40(15-23)27-2-1-19(11-36-27)26-8-25(17-41-28(26)20(10-35)12-37-41)45-6-5-38-13-22-9-30(22,44)18-38/h1-2,8,11-12,17,21-24,44H,3-7,9,13-16,18H2. The van der Waals surface area contributed by atoms with Crippen molar-refractivity contribution in [1.29, 1.82) is 5.26 Å². The number of aliphatic hydroxyl groups is 1. The van der Waals surface area contributed by atoms with Gasteiger partial charge in [-0.1, -0.05) is 0 Å². The van der Waals surface area contributed by atoms with E-state index in [9.17, 15) is 28.3 Å². The van der Waals surface area contributed by atoms with Crippen LogP contribution in [0.3, 0.4) is 0 Å². The van der Waals surface area contributed by atoms with Crippen LogP contribution in [0.5, 0.6) is 5.75 Å². The summed E-state index contributed by atoms with van der Waals surface area (Å²) in [4.78, 5) is 25.2. The molecular weight excluding hydrogens is 589 g/mol. The first-order valence-electron chi connectivity index (χ1n) is 15.4. The van der Waals surface area contributed by atoms with Gasteiger partial charge in [-0.3, -0.25) is 4.90 Å². The fourth-order valence-corrected chi connectivity index (χ4v) is 7.71. The Labute approximate surface area is 257 Å². The zero-order valence-corrected chi connectivity index (χ0v) is 24.5. The summed E-state index contributed by atoms with van der Waals surface area (Å²) in [6.07, 6.45) is 2.45. The predicted octanol–water partition coefficient (Wildman–Crippen LogP) is 2.98. The fraction of sp³-hybridized carbons (Fsp3) is 0.548. The summed E-state index contributed by atoms with van der Waals surface area (Å²) >= 11 is 0. The monoisotopic (exact) mass is 622 g/mol. The number of alkyl halides is 3. The highest BCUT2D eigenvalue weighted by atomic mass is 19.4. The van der Waals surface area contributed by atoms with Crippen LogP contribution in [-0.4, -0.2) is 117 Å². The van der Waals surface area contributed by atoms with Crippen molar-refractivity contribution in [2.24, 2.45) is 11.8 Å². The number of nitrogens with zero attached hydrogens (tertiary/aromatic N) is 8. The van der Waals surface area contributed by atoms with Crippen molar-refractivity contribution < 1.29 is 27.8 Å². The summed E-state index contributed by atoms with van der Waals surface area (Å²) < 4.78 is 47.2. The van der Waals surface area contributed by atoms with E-state index in [0.29, 0.717) is 55.5 Å². The van der Waals surface area contributed by atoms with E-state index in [1.807, 2.05) is 18.2 Å². The Bertz CT molecular complexity index is 1680. The second-order valence-corrected chi connectivity index (χ2v) is 13.2. The van der Waals surface area contributed by atoms with Gasteiger partial charge in [-0.25, -0.2) is 14.3 Å². The van der Waals surface area contributed by atoms with Gasteiger partial charge in [0.05, 0.1) is 47.1 Å². The van der Waals surface area contributed by atoms with Crippen molar-refractivity contribution in [2.45, 2.75) is 43.1 Å². The molecule has 2 amide bonds. The van der Waals surface area contributed by atoms with Crippen molar-refractivity contribution in [3.8, 4) is 22.9 Å². The summed E-state index contributed by atoms with van der Waals surface area (Å²) in [6, 6.07) is 7.55. The van der Waals surface area contributed by atoms with Gasteiger partial charge in [-0.2, -0.15) is 23.5 Å². The van der Waals surface area contributed by atoms with E-state index in [4.69, 9.17) is 9.72 Å². The number of hydrogen-bond donors (Lipinski definition) is 1. The molecule has 5 atom stereocenters. The number of urea groups is 1. The minimum absolute atomic E-state index is 0.0402. The topological polar surface area (TPSA) is 113 Å². The van der Waals surface area contributed by atoms with Gasteiger partial charge in [0.15, 0.2) is 0 Å². The van der Waals surface area contributed by atoms with Crippen LogP contribution in [0.1, 0.15) is 24.8 Å². The summed E-state index contributed by atoms with van der Waals surface area (Å²) in [7, 11) is 0. The van der Waals surface area contributed by atoms with Crippen LogP contribution in [-0.2, 0) is 0 Å². The molecule has 0 radical (unpaired) electrons. The maximum absolute atomic E-state index is 13.1. The molecule has 5 aliphatic heterocycles. The Balaban J connectivity index is 0.946. The van der Waals surface area contributed by atoms with Gasteiger partial charge in [0.1, 0.15) is 24.2 Å². The summed E-state index contributed by atoms with van der Waals surface area (Å²) in [5.41, 5.74) is 2.14. The molecule has 45 heavy (non-hydrogen) atoms. The highest BCUT2D eigenvalue weighted by Crippen LogP contribution is 2.49. The lowest BCUT2D eigenvalue weighted by Crippen LogP contribution is -2.72. The number of rotatable bonds is 6. The lowest BCUT2D eigenvalue weighted by Gasteiger charge is -2.57. The Hall–Kier alpha value is -4.09. The summed E-state index contributed by atoms with van der Waals surface area (Å²) in [5.74, 6) is 0.294. The number of nitriles is 1. The third-order valence-electron chi connectivity index (χ3n) is 10.3. The molecule has 236 valence electrons. The quantitative estimate of drug-likeness (QED) is 0.447. The molecule has 6 fully saturated rings. The average Bonchev–Trinajstić information content (AvgIpc) is 3.45. The van der Waals surface area contributed by atoms with Gasteiger partial charge >= 0.3 is 12.2 Å². The van der Waals surface area contributed by atoms with Crippen molar-refractivity contribution in [3.05, 3.63) is 42.4 Å². The van der Waals surface area contributed by atoms with E-state index < -0.39 is 17.7 Å². The molecule has 1 aliphatic carbocycles. The summed E-state index contributed by atoms with van der Waals surface area (Å²) in [6.45, 7) is 3.73. The number of hydrogen-bond acceptors (Lipinski definition) is 8. The second kappa shape index (κ2) is 10.2. The van der Waals surface area contributed by atoms with Crippen LogP contribution in [0.2, 0.25) is 0 Å². The Morgan fingerprint density at radius 3 is 2.67 bits per heavy atom. The Kier molecular flexibility index (Phi) is 6.44. The first-order valence-corrected chi connectivity index (χ1v) is 15.4. The molecule has 3 aromatic rings. The minimum atomic E-state index is -4.28. The van der Waals surface area contributed by atoms with Gasteiger partial charge in [0, 0.05) is 69.1 Å². The largest absolute Gasteiger partial charge is 0.491 e. The van der Waals surface area contributed by atoms with Gasteiger partial charge in [0.2, 0.25) is 0 Å². The van der Waals surface area contributed by atoms with Crippen LogP contribution < -0.4 is 9.64 Å². The molecular formula is C31H33F3N8O3. The number of carbonyl (C=O) groups excluding carboxylic acids is 1. The number of pyridine rings is 2. The molecule has 0 spiro atoms. The summed E-state index contributed by atoms with van der Waals surface area (Å²) in [5, 5.41) is 24.4. The van der Waals surface area contributed by atoms with E-state index in [0.717, 1.165) is 36.3 Å². The average molecular weight is 623 g/mol. The molecule has 2 bridgehead atoms. The molecule has 0 aromatic carbocycles. The number of halogens is 3. The van der Waals surface area contributed by atoms with Crippen LogP contribution >= 0.6 is 0 Å². The SMILES string of the molecule is N#Cc1cnn2cc(OCCN3CC4CC4(O)C3)cc(-c3ccc(N4CC5CC(C4)N5C(=O)N4CCC(C(F)(F)F)C4)nc3)c12. The van der Waals surface area contributed by atoms with E-state index in [1.54, 1.807) is 21.8 Å². The molecule has 11 nitrogen and oxygen atoms in total. The van der Waals surface area contributed by atoms with E-state index in [1.165, 1.54) is 11.1 Å².